The van der Waals surface area contributed by atoms with Gasteiger partial charge in [-0.1, -0.05) is 57.0 Å². The van der Waals surface area contributed by atoms with E-state index in [9.17, 15) is 9.90 Å². The Morgan fingerprint density at radius 2 is 1.74 bits per heavy atom. The highest BCUT2D eigenvalue weighted by Crippen LogP contribution is 2.40. The summed E-state index contributed by atoms with van der Waals surface area (Å²) < 4.78 is 0. The zero-order chi connectivity index (χ0) is 17.0. The van der Waals surface area contributed by atoms with E-state index < -0.39 is 5.60 Å². The minimum absolute atomic E-state index is 0.0579. The molecule has 0 bridgehead atoms. The molecule has 0 aromatic heterocycles. The van der Waals surface area contributed by atoms with Gasteiger partial charge in [0.2, 0.25) is 5.91 Å². The van der Waals surface area contributed by atoms with Crippen molar-refractivity contribution in [1.29, 1.82) is 0 Å². The van der Waals surface area contributed by atoms with Gasteiger partial charge in [-0.25, -0.2) is 0 Å². The van der Waals surface area contributed by atoms with Crippen molar-refractivity contribution in [2.75, 3.05) is 14.1 Å². The van der Waals surface area contributed by atoms with E-state index in [0.29, 0.717) is 0 Å². The quantitative estimate of drug-likeness (QED) is 0.848. The summed E-state index contributed by atoms with van der Waals surface area (Å²) in [5.74, 6) is 0.212. The van der Waals surface area contributed by atoms with Gasteiger partial charge in [-0.05, 0) is 24.3 Å². The van der Waals surface area contributed by atoms with Crippen LogP contribution in [0.1, 0.15) is 51.1 Å². The number of amides is 1. The number of benzene rings is 1. The molecule has 1 fully saturated rings. The predicted octanol–water partition coefficient (Wildman–Crippen LogP) is 2.74. The number of nitrogens with one attached hydrogen (secondary N) is 1. The average Bonchev–Trinajstić information content (AvgIpc) is 2.95. The van der Waals surface area contributed by atoms with Crippen molar-refractivity contribution in [3.8, 4) is 0 Å². The summed E-state index contributed by atoms with van der Waals surface area (Å²) >= 11 is 0. The van der Waals surface area contributed by atoms with Gasteiger partial charge in [-0.15, -0.1) is 0 Å². The summed E-state index contributed by atoms with van der Waals surface area (Å²) in [7, 11) is 3.56. The first-order valence-corrected chi connectivity index (χ1v) is 8.59. The molecule has 0 aliphatic heterocycles. The third-order valence-corrected chi connectivity index (χ3v) is 4.86. The first kappa shape index (κ1) is 18.0. The number of rotatable bonds is 6. The lowest BCUT2D eigenvalue weighted by atomic mass is 9.85. The van der Waals surface area contributed by atoms with Gasteiger partial charge in [0.15, 0.2) is 0 Å². The Kier molecular flexibility index (Phi) is 5.82. The van der Waals surface area contributed by atoms with Crippen LogP contribution in [-0.4, -0.2) is 41.7 Å². The number of likely N-dealkylation sites (N-methyl/N-ethyl adjacent to an activating group) is 1. The minimum Gasteiger partial charge on any atom is -0.388 e. The van der Waals surface area contributed by atoms with Gasteiger partial charge in [-0.2, -0.15) is 0 Å². The van der Waals surface area contributed by atoms with Crippen LogP contribution in [0.25, 0.3) is 0 Å². The molecule has 4 nitrogen and oxygen atoms in total. The topological polar surface area (TPSA) is 52.6 Å². The van der Waals surface area contributed by atoms with E-state index in [0.717, 1.165) is 31.2 Å². The van der Waals surface area contributed by atoms with Gasteiger partial charge < -0.3 is 10.0 Å². The highest BCUT2D eigenvalue weighted by Gasteiger charge is 2.42. The lowest BCUT2D eigenvalue weighted by molar-refractivity contribution is -0.133. The molecule has 0 radical (unpaired) electrons. The molecule has 1 aromatic rings. The summed E-state index contributed by atoms with van der Waals surface area (Å²) in [5.41, 5.74) is 0.273. The van der Waals surface area contributed by atoms with Crippen molar-refractivity contribution >= 4 is 5.91 Å². The van der Waals surface area contributed by atoms with Crippen molar-refractivity contribution in [1.82, 2.24) is 10.2 Å². The van der Waals surface area contributed by atoms with Gasteiger partial charge in [0, 0.05) is 14.1 Å². The van der Waals surface area contributed by atoms with E-state index in [1.807, 2.05) is 44.2 Å². The molecule has 23 heavy (non-hydrogen) atoms. The Bertz CT molecular complexity index is 507. The molecule has 0 spiro atoms. The smallest absolute Gasteiger partial charge is 0.239 e. The zero-order valence-electron chi connectivity index (χ0n) is 14.7. The third-order valence-electron chi connectivity index (χ3n) is 4.86. The highest BCUT2D eigenvalue weighted by molar-refractivity contribution is 5.81. The summed E-state index contributed by atoms with van der Waals surface area (Å²) in [6.45, 7) is 4.08. The molecular formula is C19H30N2O2. The van der Waals surface area contributed by atoms with E-state index in [1.54, 1.807) is 19.0 Å². The number of nitrogens with zero attached hydrogens (tertiary/aromatic N) is 1. The van der Waals surface area contributed by atoms with E-state index in [-0.39, 0.29) is 23.9 Å². The van der Waals surface area contributed by atoms with Crippen molar-refractivity contribution in [2.45, 2.75) is 57.2 Å². The molecule has 0 saturated heterocycles. The molecule has 128 valence electrons. The summed E-state index contributed by atoms with van der Waals surface area (Å²) in [6, 6.07) is 9.49. The maximum atomic E-state index is 12.6. The second-order valence-electron chi connectivity index (χ2n) is 7.28. The maximum absolute atomic E-state index is 12.6. The van der Waals surface area contributed by atoms with E-state index in [1.165, 1.54) is 0 Å². The molecular weight excluding hydrogens is 288 g/mol. The highest BCUT2D eigenvalue weighted by atomic mass is 16.3. The van der Waals surface area contributed by atoms with Crippen LogP contribution in [0.4, 0.5) is 0 Å². The molecule has 1 aliphatic carbocycles. The van der Waals surface area contributed by atoms with E-state index >= 15 is 0 Å². The molecule has 1 amide bonds. The normalized spacial score (nSPS) is 19.6. The monoisotopic (exact) mass is 318 g/mol. The molecule has 1 saturated carbocycles. The van der Waals surface area contributed by atoms with Crippen LogP contribution in [0.5, 0.6) is 0 Å². The number of carbonyl (C=O) groups is 1. The van der Waals surface area contributed by atoms with Gasteiger partial charge >= 0.3 is 0 Å². The van der Waals surface area contributed by atoms with Gasteiger partial charge in [0.25, 0.3) is 0 Å². The molecule has 2 rings (SSSR count). The summed E-state index contributed by atoms with van der Waals surface area (Å²) in [6.07, 6.45) is 3.63. The fourth-order valence-corrected chi connectivity index (χ4v) is 3.49. The van der Waals surface area contributed by atoms with Crippen molar-refractivity contribution in [2.24, 2.45) is 5.92 Å². The SMILES string of the molecule is CC(C)[C@H](N[C@H](c1ccccc1)C1(O)CCCC1)C(=O)N(C)C. The van der Waals surface area contributed by atoms with Gasteiger partial charge in [0.05, 0.1) is 17.7 Å². The summed E-state index contributed by atoms with van der Waals surface area (Å²) in [5, 5.41) is 14.7. The minimum atomic E-state index is -0.777. The zero-order valence-corrected chi connectivity index (χ0v) is 14.7. The van der Waals surface area contributed by atoms with Crippen LogP contribution in [0.15, 0.2) is 30.3 Å². The Labute approximate surface area is 139 Å². The van der Waals surface area contributed by atoms with Crippen LogP contribution in [-0.2, 0) is 4.79 Å². The third kappa shape index (κ3) is 4.12. The van der Waals surface area contributed by atoms with E-state index in [2.05, 4.69) is 5.32 Å². The van der Waals surface area contributed by atoms with E-state index in [4.69, 9.17) is 0 Å². The Hall–Kier alpha value is -1.39. The molecule has 4 heteroatoms. The second kappa shape index (κ2) is 7.45. The Morgan fingerprint density at radius 3 is 2.22 bits per heavy atom. The molecule has 2 atom stereocenters. The largest absolute Gasteiger partial charge is 0.388 e. The van der Waals surface area contributed by atoms with Crippen LogP contribution in [0, 0.1) is 5.92 Å². The standard InChI is InChI=1S/C19H30N2O2/c1-14(2)16(18(22)21(3)4)20-17(15-10-6-5-7-11-15)19(23)12-8-9-13-19/h5-7,10-11,14,16-17,20,23H,8-9,12-13H2,1-4H3/t16-,17+/m0/s1. The van der Waals surface area contributed by atoms with Crippen LogP contribution in [0.2, 0.25) is 0 Å². The summed E-state index contributed by atoms with van der Waals surface area (Å²) in [4.78, 5) is 14.2. The molecule has 2 N–H and O–H groups in total. The number of aliphatic hydroxyl groups is 1. The lowest BCUT2D eigenvalue weighted by Gasteiger charge is -2.38. The van der Waals surface area contributed by atoms with Crippen LogP contribution >= 0.6 is 0 Å². The Morgan fingerprint density at radius 1 is 1.17 bits per heavy atom. The maximum Gasteiger partial charge on any atom is 0.239 e. The lowest BCUT2D eigenvalue weighted by Crippen LogP contribution is -2.53. The number of hydrogen-bond acceptors (Lipinski definition) is 3. The Balaban J connectivity index is 2.32. The van der Waals surface area contributed by atoms with Crippen molar-refractivity contribution in [3.05, 3.63) is 35.9 Å². The fourth-order valence-electron chi connectivity index (χ4n) is 3.49. The first-order valence-electron chi connectivity index (χ1n) is 8.59. The second-order valence-corrected chi connectivity index (χ2v) is 7.28. The first-order chi connectivity index (χ1) is 10.8. The molecule has 1 aliphatic rings. The number of carbonyl (C=O) groups excluding carboxylic acids is 1. The predicted molar refractivity (Wildman–Crippen MR) is 93.1 cm³/mol. The van der Waals surface area contributed by atoms with Gasteiger partial charge in [0.1, 0.15) is 0 Å². The van der Waals surface area contributed by atoms with Gasteiger partial charge in [-0.3, -0.25) is 10.1 Å². The average molecular weight is 318 g/mol. The fraction of sp³-hybridized carbons (Fsp3) is 0.632. The molecule has 0 unspecified atom stereocenters. The molecule has 0 heterocycles. The van der Waals surface area contributed by atoms with Crippen molar-refractivity contribution in [3.63, 3.8) is 0 Å². The molecule has 1 aromatic carbocycles. The van der Waals surface area contributed by atoms with Crippen LogP contribution in [0.3, 0.4) is 0 Å². The van der Waals surface area contributed by atoms with Crippen LogP contribution < -0.4 is 5.32 Å². The number of hydrogen-bond donors (Lipinski definition) is 2. The van der Waals surface area contributed by atoms with Crippen molar-refractivity contribution < 1.29 is 9.90 Å².